The van der Waals surface area contributed by atoms with E-state index in [0.29, 0.717) is 0 Å². The Kier molecular flexibility index (Phi) is 2.08. The fraction of sp³-hybridized carbons (Fsp3) is 0.500. The third-order valence-corrected chi connectivity index (χ3v) is 0.666. The molecule has 0 heterocycles. The van der Waals surface area contributed by atoms with Crippen molar-refractivity contribution in [2.75, 3.05) is 0 Å². The molecule has 0 saturated heterocycles. The number of nitrogens with two attached hydrogens (primary N) is 1. The molecular formula is C2H3BrFNO. The minimum absolute atomic E-state index is 0.991. The predicted octanol–water partition coefficient (Wildman–Crippen LogP) is 0.162. The van der Waals surface area contributed by atoms with Crippen LogP contribution < -0.4 is 5.73 Å². The molecular weight excluding hydrogens is 153 g/mol. The standard InChI is InChI=1S/C2H3BrFNO/c3-1(4)2(5)6/h1H,(H2,5,6)/t1-/m0/s1. The highest BCUT2D eigenvalue weighted by Crippen LogP contribution is 1.96. The van der Waals surface area contributed by atoms with E-state index >= 15 is 0 Å². The summed E-state index contributed by atoms with van der Waals surface area (Å²) < 4.78 is 11.3. The summed E-state index contributed by atoms with van der Waals surface area (Å²) in [6.07, 6.45) is 0. The predicted molar refractivity (Wildman–Crippen MR) is 23.0 cm³/mol. The lowest BCUT2D eigenvalue weighted by molar-refractivity contribution is -0.119. The van der Waals surface area contributed by atoms with Crippen LogP contribution in [0.3, 0.4) is 0 Å². The lowest BCUT2D eigenvalue weighted by Gasteiger charge is -1.84. The summed E-state index contributed by atoms with van der Waals surface area (Å²) in [6, 6.07) is 0. The normalized spacial score (nSPS) is 13.7. The molecule has 1 amide bonds. The maximum atomic E-state index is 11.3. The number of rotatable bonds is 1. The molecule has 0 aromatic rings. The second-order valence-corrected chi connectivity index (χ2v) is 1.51. The molecule has 2 N–H and O–H groups in total. The monoisotopic (exact) mass is 155 g/mol. The van der Waals surface area contributed by atoms with Gasteiger partial charge in [0, 0.05) is 0 Å². The van der Waals surface area contributed by atoms with Gasteiger partial charge in [-0.2, -0.15) is 0 Å². The number of halogens is 2. The van der Waals surface area contributed by atoms with Crippen LogP contribution in [0.5, 0.6) is 0 Å². The number of amides is 1. The van der Waals surface area contributed by atoms with Gasteiger partial charge in [-0.1, -0.05) is 0 Å². The molecule has 0 aromatic heterocycles. The minimum atomic E-state index is -1.70. The summed E-state index contributed by atoms with van der Waals surface area (Å²) in [5, 5.41) is -1.70. The summed E-state index contributed by atoms with van der Waals surface area (Å²) >= 11 is 2.30. The van der Waals surface area contributed by atoms with Crippen molar-refractivity contribution in [3.8, 4) is 0 Å². The Bertz CT molecular complexity index is 64.6. The first kappa shape index (κ1) is 5.88. The molecule has 1 atom stereocenters. The van der Waals surface area contributed by atoms with Gasteiger partial charge in [-0.3, -0.25) is 4.79 Å². The molecule has 0 spiro atoms. The zero-order chi connectivity index (χ0) is 5.15. The third kappa shape index (κ3) is 2.14. The number of carbonyl (C=O) groups excluding carboxylic acids is 1. The zero-order valence-electron chi connectivity index (χ0n) is 2.82. The van der Waals surface area contributed by atoms with Gasteiger partial charge >= 0.3 is 0 Å². The molecule has 0 radical (unpaired) electrons. The van der Waals surface area contributed by atoms with Gasteiger partial charge in [-0.15, -0.1) is 0 Å². The van der Waals surface area contributed by atoms with Gasteiger partial charge in [0.05, 0.1) is 0 Å². The Balaban J connectivity index is 3.26. The Morgan fingerprint density at radius 1 is 2.00 bits per heavy atom. The first-order chi connectivity index (χ1) is 2.64. The second kappa shape index (κ2) is 2.12. The minimum Gasteiger partial charge on any atom is -0.366 e. The van der Waals surface area contributed by atoms with Crippen molar-refractivity contribution in [1.29, 1.82) is 0 Å². The van der Waals surface area contributed by atoms with E-state index in [-0.39, 0.29) is 0 Å². The summed E-state index contributed by atoms with van der Waals surface area (Å²) in [5.41, 5.74) is 4.37. The molecule has 0 aromatic carbocycles. The first-order valence-electron chi connectivity index (χ1n) is 1.22. The van der Waals surface area contributed by atoms with Crippen LogP contribution in [0.25, 0.3) is 0 Å². The van der Waals surface area contributed by atoms with Gasteiger partial charge < -0.3 is 5.73 Å². The van der Waals surface area contributed by atoms with Gasteiger partial charge in [0.15, 0.2) is 0 Å². The highest BCUT2D eigenvalue weighted by atomic mass is 79.9. The van der Waals surface area contributed by atoms with Gasteiger partial charge in [0.2, 0.25) is 5.08 Å². The molecule has 0 aliphatic heterocycles. The topological polar surface area (TPSA) is 43.1 Å². The van der Waals surface area contributed by atoms with Crippen LogP contribution in [0.1, 0.15) is 0 Å². The number of primary amides is 1. The van der Waals surface area contributed by atoms with Crippen LogP contribution in [-0.4, -0.2) is 11.0 Å². The Morgan fingerprint density at radius 2 is 2.17 bits per heavy atom. The van der Waals surface area contributed by atoms with Crippen LogP contribution >= 0.6 is 15.9 Å². The molecule has 0 aliphatic rings. The number of hydrogen-bond acceptors (Lipinski definition) is 1. The van der Waals surface area contributed by atoms with Crippen molar-refractivity contribution in [2.45, 2.75) is 5.08 Å². The van der Waals surface area contributed by atoms with Crippen molar-refractivity contribution in [2.24, 2.45) is 5.73 Å². The summed E-state index contributed by atoms with van der Waals surface area (Å²) in [5.74, 6) is -0.991. The average molecular weight is 156 g/mol. The van der Waals surface area contributed by atoms with Crippen LogP contribution in [-0.2, 0) is 4.79 Å². The SMILES string of the molecule is NC(=O)[C@H](F)Br. The summed E-state index contributed by atoms with van der Waals surface area (Å²) in [4.78, 5) is 9.50. The summed E-state index contributed by atoms with van der Waals surface area (Å²) in [6.45, 7) is 0. The molecule has 0 rings (SSSR count). The van der Waals surface area contributed by atoms with Crippen LogP contribution in [0.2, 0.25) is 0 Å². The second-order valence-electron chi connectivity index (χ2n) is 0.703. The smallest absolute Gasteiger partial charge is 0.263 e. The van der Waals surface area contributed by atoms with E-state index in [4.69, 9.17) is 0 Å². The molecule has 0 aliphatic carbocycles. The Labute approximate surface area is 42.6 Å². The van der Waals surface area contributed by atoms with E-state index in [1.54, 1.807) is 0 Å². The lowest BCUT2D eigenvalue weighted by atomic mass is 10.7. The van der Waals surface area contributed by atoms with Gasteiger partial charge in [-0.25, -0.2) is 4.39 Å². The van der Waals surface area contributed by atoms with E-state index in [1.807, 2.05) is 0 Å². The van der Waals surface area contributed by atoms with Crippen molar-refractivity contribution in [1.82, 2.24) is 0 Å². The summed E-state index contributed by atoms with van der Waals surface area (Å²) in [7, 11) is 0. The van der Waals surface area contributed by atoms with Crippen LogP contribution in [0.4, 0.5) is 4.39 Å². The fourth-order valence-corrected chi connectivity index (χ4v) is 0. The maximum absolute atomic E-state index is 11.3. The van der Waals surface area contributed by atoms with Crippen molar-refractivity contribution >= 4 is 21.8 Å². The number of hydrogen-bond donors (Lipinski definition) is 1. The van der Waals surface area contributed by atoms with Crippen molar-refractivity contribution in [3.63, 3.8) is 0 Å². The zero-order valence-corrected chi connectivity index (χ0v) is 4.40. The van der Waals surface area contributed by atoms with E-state index in [9.17, 15) is 9.18 Å². The van der Waals surface area contributed by atoms with Crippen molar-refractivity contribution in [3.05, 3.63) is 0 Å². The first-order valence-corrected chi connectivity index (χ1v) is 2.13. The van der Waals surface area contributed by atoms with Crippen LogP contribution in [0, 0.1) is 0 Å². The van der Waals surface area contributed by atoms with E-state index in [0.717, 1.165) is 0 Å². The van der Waals surface area contributed by atoms with Gasteiger partial charge in [-0.05, 0) is 15.9 Å². The fourth-order valence-electron chi connectivity index (χ4n) is 0. The molecule has 0 saturated carbocycles. The molecule has 0 fully saturated rings. The Hall–Kier alpha value is -0.120. The third-order valence-electron chi connectivity index (χ3n) is 0.215. The van der Waals surface area contributed by atoms with E-state index in [1.165, 1.54) is 0 Å². The lowest BCUT2D eigenvalue weighted by Crippen LogP contribution is -2.18. The van der Waals surface area contributed by atoms with Gasteiger partial charge in [0.1, 0.15) is 0 Å². The van der Waals surface area contributed by atoms with Crippen LogP contribution in [0.15, 0.2) is 0 Å². The maximum Gasteiger partial charge on any atom is 0.263 e. The molecule has 6 heavy (non-hydrogen) atoms. The highest BCUT2D eigenvalue weighted by molar-refractivity contribution is 9.09. The van der Waals surface area contributed by atoms with E-state index in [2.05, 4.69) is 21.7 Å². The Morgan fingerprint density at radius 3 is 2.17 bits per heavy atom. The number of carbonyl (C=O) groups is 1. The quantitative estimate of drug-likeness (QED) is 0.540. The molecule has 36 valence electrons. The largest absolute Gasteiger partial charge is 0.366 e. The molecule has 0 bridgehead atoms. The molecule has 4 heteroatoms. The highest BCUT2D eigenvalue weighted by Gasteiger charge is 2.04. The average Bonchev–Trinajstić information content (AvgIpc) is 1.36. The van der Waals surface area contributed by atoms with Gasteiger partial charge in [0.25, 0.3) is 5.91 Å². The molecule has 0 unspecified atom stereocenters. The van der Waals surface area contributed by atoms with Crippen molar-refractivity contribution < 1.29 is 9.18 Å². The van der Waals surface area contributed by atoms with E-state index < -0.39 is 11.0 Å². The number of alkyl halides is 2. The molecule has 2 nitrogen and oxygen atoms in total.